The van der Waals surface area contributed by atoms with Gasteiger partial charge in [-0.3, -0.25) is 0 Å². The molecule has 46 valence electrons. The topological polar surface area (TPSA) is 12.0 Å². The molecule has 2 rings (SSSR count). The summed E-state index contributed by atoms with van der Waals surface area (Å²) >= 11 is 0. The molecule has 3 unspecified atom stereocenters. The van der Waals surface area contributed by atoms with Crippen LogP contribution in [0.1, 0.15) is 19.8 Å². The molecule has 1 saturated carbocycles. The van der Waals surface area contributed by atoms with Gasteiger partial charge in [0, 0.05) is 6.04 Å². The third-order valence-electron chi connectivity index (χ3n) is 2.76. The summed E-state index contributed by atoms with van der Waals surface area (Å²) in [4.78, 5) is 0. The smallest absolute Gasteiger partial charge is 0.00985 e. The van der Waals surface area contributed by atoms with Crippen LogP contribution in [-0.4, -0.2) is 12.6 Å². The lowest BCUT2D eigenvalue weighted by atomic mass is 9.76. The van der Waals surface area contributed by atoms with E-state index in [0.717, 1.165) is 17.9 Å². The van der Waals surface area contributed by atoms with Gasteiger partial charge in [0.25, 0.3) is 0 Å². The fraction of sp³-hybridized carbons (Fsp3) is 1.00. The molecule has 0 spiro atoms. The Morgan fingerprint density at radius 2 is 2.25 bits per heavy atom. The van der Waals surface area contributed by atoms with Crippen LogP contribution in [0.3, 0.4) is 0 Å². The van der Waals surface area contributed by atoms with Crippen molar-refractivity contribution in [3.8, 4) is 0 Å². The van der Waals surface area contributed by atoms with Gasteiger partial charge in [0.15, 0.2) is 0 Å². The molecule has 0 radical (unpaired) electrons. The molecule has 1 saturated heterocycles. The van der Waals surface area contributed by atoms with Gasteiger partial charge in [-0.25, -0.2) is 0 Å². The van der Waals surface area contributed by atoms with E-state index in [-0.39, 0.29) is 0 Å². The molecule has 0 bridgehead atoms. The molecule has 1 heteroatoms. The second-order valence-corrected chi connectivity index (χ2v) is 3.23. The van der Waals surface area contributed by atoms with Crippen molar-refractivity contribution in [1.29, 1.82) is 0 Å². The maximum absolute atomic E-state index is 3.51. The highest BCUT2D eigenvalue weighted by Gasteiger charge is 2.39. The summed E-state index contributed by atoms with van der Waals surface area (Å²) < 4.78 is 0. The lowest BCUT2D eigenvalue weighted by Gasteiger charge is -2.31. The van der Waals surface area contributed by atoms with Gasteiger partial charge in [-0.15, -0.1) is 0 Å². The maximum Gasteiger partial charge on any atom is 0.00985 e. The monoisotopic (exact) mass is 111 g/mol. The standard InChI is InChI=1S/C7H13N/c1-5-4-8-7-3-2-6(5)7/h5-8H,2-4H2,1H3. The van der Waals surface area contributed by atoms with Gasteiger partial charge in [-0.05, 0) is 31.2 Å². The van der Waals surface area contributed by atoms with Crippen molar-refractivity contribution in [2.24, 2.45) is 11.8 Å². The first-order chi connectivity index (χ1) is 3.88. The predicted octanol–water partition coefficient (Wildman–Crippen LogP) is 1.00. The molecule has 0 aromatic rings. The van der Waals surface area contributed by atoms with Crippen molar-refractivity contribution in [1.82, 2.24) is 5.32 Å². The van der Waals surface area contributed by atoms with Crippen molar-refractivity contribution >= 4 is 0 Å². The molecule has 1 heterocycles. The Labute approximate surface area is 50.5 Å². The van der Waals surface area contributed by atoms with Gasteiger partial charge in [0.1, 0.15) is 0 Å². The Kier molecular flexibility index (Phi) is 0.884. The minimum Gasteiger partial charge on any atom is -0.313 e. The summed E-state index contributed by atoms with van der Waals surface area (Å²) in [5.74, 6) is 2.02. The van der Waals surface area contributed by atoms with Gasteiger partial charge in [0.2, 0.25) is 0 Å². The molecular formula is C7H13N. The molecule has 1 aliphatic carbocycles. The van der Waals surface area contributed by atoms with Crippen LogP contribution in [0, 0.1) is 11.8 Å². The zero-order valence-electron chi connectivity index (χ0n) is 5.35. The first-order valence-electron chi connectivity index (χ1n) is 3.61. The average molecular weight is 111 g/mol. The first kappa shape index (κ1) is 4.80. The van der Waals surface area contributed by atoms with E-state index in [1.807, 2.05) is 0 Å². The van der Waals surface area contributed by atoms with Gasteiger partial charge in [0.05, 0.1) is 0 Å². The molecule has 1 nitrogen and oxygen atoms in total. The molecule has 3 atom stereocenters. The summed E-state index contributed by atoms with van der Waals surface area (Å²) in [7, 11) is 0. The highest BCUT2D eigenvalue weighted by molar-refractivity contribution is 4.95. The van der Waals surface area contributed by atoms with Crippen LogP contribution < -0.4 is 5.32 Å². The van der Waals surface area contributed by atoms with Crippen molar-refractivity contribution in [2.75, 3.05) is 6.54 Å². The highest BCUT2D eigenvalue weighted by atomic mass is 15.0. The van der Waals surface area contributed by atoms with Crippen molar-refractivity contribution in [2.45, 2.75) is 25.8 Å². The van der Waals surface area contributed by atoms with E-state index in [0.29, 0.717) is 0 Å². The van der Waals surface area contributed by atoms with E-state index in [1.54, 1.807) is 0 Å². The van der Waals surface area contributed by atoms with Crippen molar-refractivity contribution < 1.29 is 0 Å². The largest absolute Gasteiger partial charge is 0.313 e. The minimum absolute atomic E-state index is 0.921. The van der Waals surface area contributed by atoms with E-state index in [2.05, 4.69) is 12.2 Å². The van der Waals surface area contributed by atoms with Crippen LogP contribution in [0.2, 0.25) is 0 Å². The quantitative estimate of drug-likeness (QED) is 0.492. The fourth-order valence-electron chi connectivity index (χ4n) is 1.95. The Hall–Kier alpha value is -0.0400. The molecule has 8 heavy (non-hydrogen) atoms. The zero-order chi connectivity index (χ0) is 5.56. The predicted molar refractivity (Wildman–Crippen MR) is 33.7 cm³/mol. The third-order valence-corrected chi connectivity index (χ3v) is 2.76. The number of hydrogen-bond donors (Lipinski definition) is 1. The number of fused-ring (bicyclic) bond motifs is 1. The normalized spacial score (nSPS) is 52.9. The van der Waals surface area contributed by atoms with Crippen molar-refractivity contribution in [3.05, 3.63) is 0 Å². The van der Waals surface area contributed by atoms with Gasteiger partial charge < -0.3 is 5.32 Å². The third kappa shape index (κ3) is 0.455. The minimum atomic E-state index is 0.921. The Morgan fingerprint density at radius 3 is 2.50 bits per heavy atom. The van der Waals surface area contributed by atoms with Crippen LogP contribution in [-0.2, 0) is 0 Å². The van der Waals surface area contributed by atoms with Gasteiger partial charge >= 0.3 is 0 Å². The van der Waals surface area contributed by atoms with Crippen LogP contribution in [0.4, 0.5) is 0 Å². The Morgan fingerprint density at radius 1 is 1.38 bits per heavy atom. The molecule has 0 aromatic carbocycles. The van der Waals surface area contributed by atoms with Crippen molar-refractivity contribution in [3.63, 3.8) is 0 Å². The van der Waals surface area contributed by atoms with Gasteiger partial charge in [-0.1, -0.05) is 6.92 Å². The van der Waals surface area contributed by atoms with E-state index in [1.165, 1.54) is 19.4 Å². The zero-order valence-corrected chi connectivity index (χ0v) is 5.35. The summed E-state index contributed by atoms with van der Waals surface area (Å²) in [6.07, 6.45) is 2.92. The summed E-state index contributed by atoms with van der Waals surface area (Å²) in [6.45, 7) is 3.63. The molecule has 2 aliphatic rings. The average Bonchev–Trinajstić information content (AvgIpc) is 1.80. The molecule has 0 amide bonds. The van der Waals surface area contributed by atoms with Crippen LogP contribution in [0.25, 0.3) is 0 Å². The summed E-state index contributed by atoms with van der Waals surface area (Å²) in [5.41, 5.74) is 0. The van der Waals surface area contributed by atoms with Crippen LogP contribution in [0.15, 0.2) is 0 Å². The molecule has 2 fully saturated rings. The number of rotatable bonds is 0. The Bertz CT molecular complexity index is 94.6. The lowest BCUT2D eigenvalue weighted by Crippen LogP contribution is -2.35. The second kappa shape index (κ2) is 1.47. The summed E-state index contributed by atoms with van der Waals surface area (Å²) in [5, 5.41) is 3.51. The number of hydrogen-bond acceptors (Lipinski definition) is 1. The Balaban J connectivity index is 2.05. The fourth-order valence-corrected chi connectivity index (χ4v) is 1.95. The van der Waals surface area contributed by atoms with E-state index in [4.69, 9.17) is 0 Å². The summed E-state index contributed by atoms with van der Waals surface area (Å²) in [6, 6.07) is 0.921. The molecule has 0 aromatic heterocycles. The molecular weight excluding hydrogens is 98.1 g/mol. The van der Waals surface area contributed by atoms with Crippen LogP contribution in [0.5, 0.6) is 0 Å². The molecule has 1 N–H and O–H groups in total. The molecule has 1 aliphatic heterocycles. The highest BCUT2D eigenvalue weighted by Crippen LogP contribution is 2.37. The lowest BCUT2D eigenvalue weighted by molar-refractivity contribution is 0.235. The number of nitrogens with one attached hydrogen (secondary N) is 1. The maximum atomic E-state index is 3.51. The second-order valence-electron chi connectivity index (χ2n) is 3.23. The van der Waals surface area contributed by atoms with E-state index >= 15 is 0 Å². The first-order valence-corrected chi connectivity index (χ1v) is 3.61. The van der Waals surface area contributed by atoms with E-state index in [9.17, 15) is 0 Å². The van der Waals surface area contributed by atoms with Gasteiger partial charge in [-0.2, -0.15) is 0 Å². The van der Waals surface area contributed by atoms with E-state index < -0.39 is 0 Å². The van der Waals surface area contributed by atoms with Crippen LogP contribution >= 0.6 is 0 Å². The SMILES string of the molecule is CC1CNC2CCC12.